The van der Waals surface area contributed by atoms with Gasteiger partial charge in [-0.15, -0.1) is 5.10 Å². The highest BCUT2D eigenvalue weighted by atomic mass is 16.5. The van der Waals surface area contributed by atoms with E-state index in [1.165, 1.54) is 5.56 Å². The molecule has 0 atom stereocenters. The van der Waals surface area contributed by atoms with Crippen molar-refractivity contribution >= 4 is 10.8 Å². The molecule has 0 bridgehead atoms. The summed E-state index contributed by atoms with van der Waals surface area (Å²) in [7, 11) is 1.64. The molecule has 0 radical (unpaired) electrons. The number of nitrogens with zero attached hydrogens (tertiary/aromatic N) is 2. The number of benzene rings is 3. The van der Waals surface area contributed by atoms with Crippen LogP contribution in [0.3, 0.4) is 0 Å². The second-order valence-corrected chi connectivity index (χ2v) is 5.94. The van der Waals surface area contributed by atoms with E-state index in [4.69, 9.17) is 9.47 Å². The van der Waals surface area contributed by atoms with Crippen molar-refractivity contribution in [3.63, 3.8) is 0 Å². The standard InChI is InChI=1S/C22H18N2O2/c1-25-17-11-13-18(14-12-17)26-22-20-10-6-5-9-19(20)21(23-24-22)15-16-7-3-2-4-8-16/h2-14H,15H2,1H3. The molecule has 1 heterocycles. The van der Waals surface area contributed by atoms with Crippen LogP contribution < -0.4 is 9.47 Å². The summed E-state index contributed by atoms with van der Waals surface area (Å²) >= 11 is 0. The first-order valence-electron chi connectivity index (χ1n) is 8.43. The molecule has 4 heteroatoms. The van der Waals surface area contributed by atoms with Gasteiger partial charge >= 0.3 is 0 Å². The normalized spacial score (nSPS) is 10.7. The number of ether oxygens (including phenoxy) is 2. The van der Waals surface area contributed by atoms with E-state index >= 15 is 0 Å². The van der Waals surface area contributed by atoms with Gasteiger partial charge in [0.05, 0.1) is 12.8 Å². The lowest BCUT2D eigenvalue weighted by Crippen LogP contribution is -1.99. The summed E-state index contributed by atoms with van der Waals surface area (Å²) in [4.78, 5) is 0. The average Bonchev–Trinajstić information content (AvgIpc) is 2.71. The monoisotopic (exact) mass is 342 g/mol. The van der Waals surface area contributed by atoms with Gasteiger partial charge in [0.1, 0.15) is 11.5 Å². The van der Waals surface area contributed by atoms with Gasteiger partial charge in [-0.2, -0.15) is 5.10 Å². The van der Waals surface area contributed by atoms with Crippen LogP contribution in [0.5, 0.6) is 17.4 Å². The Labute approximate surface area is 152 Å². The Bertz CT molecular complexity index is 1020. The molecule has 0 amide bonds. The summed E-state index contributed by atoms with van der Waals surface area (Å²) < 4.78 is 11.1. The fourth-order valence-corrected chi connectivity index (χ4v) is 2.89. The molecule has 4 aromatic rings. The largest absolute Gasteiger partial charge is 0.497 e. The van der Waals surface area contributed by atoms with Crippen LogP contribution >= 0.6 is 0 Å². The molecule has 0 spiro atoms. The van der Waals surface area contributed by atoms with Gasteiger partial charge in [-0.3, -0.25) is 0 Å². The van der Waals surface area contributed by atoms with Gasteiger partial charge in [-0.25, -0.2) is 0 Å². The predicted molar refractivity (Wildman–Crippen MR) is 102 cm³/mol. The van der Waals surface area contributed by atoms with Crippen molar-refractivity contribution in [1.29, 1.82) is 0 Å². The van der Waals surface area contributed by atoms with Crippen LogP contribution in [0.4, 0.5) is 0 Å². The first-order chi connectivity index (χ1) is 12.8. The minimum absolute atomic E-state index is 0.502. The molecule has 0 aliphatic heterocycles. The molecule has 128 valence electrons. The molecule has 4 nitrogen and oxygen atoms in total. The SMILES string of the molecule is COc1ccc(Oc2nnc(Cc3ccccc3)c3ccccc23)cc1. The van der Waals surface area contributed by atoms with E-state index < -0.39 is 0 Å². The highest BCUT2D eigenvalue weighted by molar-refractivity contribution is 5.88. The van der Waals surface area contributed by atoms with Gasteiger partial charge in [0.15, 0.2) is 0 Å². The molecule has 4 rings (SSSR count). The average molecular weight is 342 g/mol. The van der Waals surface area contributed by atoms with Gasteiger partial charge in [-0.05, 0) is 35.9 Å². The molecule has 1 aromatic heterocycles. The highest BCUT2D eigenvalue weighted by Gasteiger charge is 2.11. The fourth-order valence-electron chi connectivity index (χ4n) is 2.89. The molecular formula is C22H18N2O2. The summed E-state index contributed by atoms with van der Waals surface area (Å²) in [5.41, 5.74) is 2.14. The Kier molecular flexibility index (Phi) is 4.48. The number of fused-ring (bicyclic) bond motifs is 1. The first-order valence-corrected chi connectivity index (χ1v) is 8.43. The van der Waals surface area contributed by atoms with Crippen molar-refractivity contribution in [2.45, 2.75) is 6.42 Å². The van der Waals surface area contributed by atoms with Crippen LogP contribution in [-0.4, -0.2) is 17.3 Å². The third-order valence-electron chi connectivity index (χ3n) is 4.22. The van der Waals surface area contributed by atoms with Crippen molar-refractivity contribution < 1.29 is 9.47 Å². The van der Waals surface area contributed by atoms with E-state index in [-0.39, 0.29) is 0 Å². The van der Waals surface area contributed by atoms with Gasteiger partial charge < -0.3 is 9.47 Å². The van der Waals surface area contributed by atoms with Crippen LogP contribution in [0, 0.1) is 0 Å². The van der Waals surface area contributed by atoms with E-state index in [1.807, 2.05) is 60.7 Å². The van der Waals surface area contributed by atoms with Crippen LogP contribution in [0.1, 0.15) is 11.3 Å². The highest BCUT2D eigenvalue weighted by Crippen LogP contribution is 2.30. The molecule has 0 aliphatic rings. The molecule has 0 saturated carbocycles. The quantitative estimate of drug-likeness (QED) is 0.511. The minimum atomic E-state index is 0.502. The number of methoxy groups -OCH3 is 1. The van der Waals surface area contributed by atoms with Crippen molar-refractivity contribution in [2.24, 2.45) is 0 Å². The van der Waals surface area contributed by atoms with E-state index in [2.05, 4.69) is 28.4 Å². The maximum absolute atomic E-state index is 5.97. The molecule has 26 heavy (non-hydrogen) atoms. The molecular weight excluding hydrogens is 324 g/mol. The molecule has 3 aromatic carbocycles. The van der Waals surface area contributed by atoms with Crippen LogP contribution in [0.25, 0.3) is 10.8 Å². The number of aromatic nitrogens is 2. The maximum Gasteiger partial charge on any atom is 0.246 e. The molecule has 0 saturated heterocycles. The van der Waals surface area contributed by atoms with Crippen molar-refractivity contribution in [3.05, 3.63) is 90.1 Å². The third kappa shape index (κ3) is 3.35. The Balaban J connectivity index is 1.69. The number of hydrogen-bond donors (Lipinski definition) is 0. The molecule has 0 unspecified atom stereocenters. The molecule has 0 aliphatic carbocycles. The fraction of sp³-hybridized carbons (Fsp3) is 0.0909. The smallest absolute Gasteiger partial charge is 0.246 e. The second-order valence-electron chi connectivity index (χ2n) is 5.94. The number of rotatable bonds is 5. The Morgan fingerprint density at radius 3 is 2.08 bits per heavy atom. The van der Waals surface area contributed by atoms with Crippen LogP contribution in [0.2, 0.25) is 0 Å². The van der Waals surface area contributed by atoms with Crippen LogP contribution in [0.15, 0.2) is 78.9 Å². The predicted octanol–water partition coefficient (Wildman–Crippen LogP) is 5.02. The zero-order valence-electron chi connectivity index (χ0n) is 14.4. The van der Waals surface area contributed by atoms with E-state index in [9.17, 15) is 0 Å². The van der Waals surface area contributed by atoms with Crippen LogP contribution in [-0.2, 0) is 6.42 Å². The van der Waals surface area contributed by atoms with Crippen molar-refractivity contribution in [1.82, 2.24) is 10.2 Å². The van der Waals surface area contributed by atoms with Gasteiger partial charge in [0, 0.05) is 17.2 Å². The Morgan fingerprint density at radius 1 is 0.692 bits per heavy atom. The lowest BCUT2D eigenvalue weighted by Gasteiger charge is -2.10. The maximum atomic E-state index is 5.97. The number of hydrogen-bond acceptors (Lipinski definition) is 4. The third-order valence-corrected chi connectivity index (χ3v) is 4.22. The van der Waals surface area contributed by atoms with Gasteiger partial charge in [-0.1, -0.05) is 48.5 Å². The van der Waals surface area contributed by atoms with E-state index in [0.717, 1.165) is 28.6 Å². The van der Waals surface area contributed by atoms with Gasteiger partial charge in [0.25, 0.3) is 0 Å². The summed E-state index contributed by atoms with van der Waals surface area (Å²) in [5.74, 6) is 1.98. The second kappa shape index (κ2) is 7.23. The summed E-state index contributed by atoms with van der Waals surface area (Å²) in [5, 5.41) is 10.8. The Hall–Kier alpha value is -3.40. The lowest BCUT2D eigenvalue weighted by molar-refractivity contribution is 0.412. The zero-order chi connectivity index (χ0) is 17.8. The van der Waals surface area contributed by atoms with Crippen molar-refractivity contribution in [2.75, 3.05) is 7.11 Å². The zero-order valence-corrected chi connectivity index (χ0v) is 14.4. The van der Waals surface area contributed by atoms with Gasteiger partial charge in [0.2, 0.25) is 5.88 Å². The summed E-state index contributed by atoms with van der Waals surface area (Å²) in [6.07, 6.45) is 0.733. The van der Waals surface area contributed by atoms with E-state index in [1.54, 1.807) is 7.11 Å². The first kappa shape index (κ1) is 16.1. The van der Waals surface area contributed by atoms with Crippen molar-refractivity contribution in [3.8, 4) is 17.4 Å². The topological polar surface area (TPSA) is 44.2 Å². The molecule has 0 N–H and O–H groups in total. The summed E-state index contributed by atoms with van der Waals surface area (Å²) in [6, 6.07) is 25.8. The minimum Gasteiger partial charge on any atom is -0.497 e. The summed E-state index contributed by atoms with van der Waals surface area (Å²) in [6.45, 7) is 0. The molecule has 0 fully saturated rings. The lowest BCUT2D eigenvalue weighted by atomic mass is 10.0. The van der Waals surface area contributed by atoms with E-state index in [0.29, 0.717) is 11.6 Å². The Morgan fingerprint density at radius 2 is 1.35 bits per heavy atom.